The van der Waals surface area contributed by atoms with Crippen molar-refractivity contribution in [2.75, 3.05) is 35.4 Å². The summed E-state index contributed by atoms with van der Waals surface area (Å²) < 4.78 is 0. The number of aromatic nitrogens is 2. The van der Waals surface area contributed by atoms with Crippen molar-refractivity contribution in [3.05, 3.63) is 65.9 Å². The highest BCUT2D eigenvalue weighted by atomic mass is 15.4. The van der Waals surface area contributed by atoms with Gasteiger partial charge < -0.3 is 15.1 Å². The molecule has 0 bridgehead atoms. The summed E-state index contributed by atoms with van der Waals surface area (Å²) in [5, 5.41) is 3.55. The van der Waals surface area contributed by atoms with Crippen molar-refractivity contribution in [3.63, 3.8) is 0 Å². The van der Waals surface area contributed by atoms with Gasteiger partial charge in [-0.3, -0.25) is 0 Å². The molecule has 5 rings (SSSR count). The maximum Gasteiger partial charge on any atom is 0.161 e. The monoisotopic (exact) mass is 413 g/mol. The molecule has 1 aliphatic carbocycles. The highest BCUT2D eigenvalue weighted by Gasteiger charge is 2.27. The van der Waals surface area contributed by atoms with Crippen LogP contribution < -0.4 is 15.1 Å². The van der Waals surface area contributed by atoms with Crippen LogP contribution in [-0.2, 0) is 6.54 Å². The maximum absolute atomic E-state index is 5.03. The highest BCUT2D eigenvalue weighted by molar-refractivity contribution is 5.74. The zero-order chi connectivity index (χ0) is 21.4. The van der Waals surface area contributed by atoms with E-state index in [4.69, 9.17) is 9.97 Å². The molecular weight excluding hydrogens is 382 g/mol. The van der Waals surface area contributed by atoms with Crippen LogP contribution in [0.25, 0.3) is 11.4 Å². The van der Waals surface area contributed by atoms with Gasteiger partial charge in [-0.05, 0) is 47.9 Å². The van der Waals surface area contributed by atoms with E-state index in [1.807, 2.05) is 6.20 Å². The molecule has 160 valence electrons. The maximum atomic E-state index is 5.03. The fraction of sp³-hybridized carbons (Fsp3) is 0.385. The number of hydrogen-bond donors (Lipinski definition) is 1. The highest BCUT2D eigenvalue weighted by Crippen LogP contribution is 2.36. The molecule has 31 heavy (non-hydrogen) atoms. The third-order valence-corrected chi connectivity index (χ3v) is 6.29. The minimum atomic E-state index is 0.430. The van der Waals surface area contributed by atoms with E-state index in [0.29, 0.717) is 5.92 Å². The lowest BCUT2D eigenvalue weighted by Gasteiger charge is -2.19. The van der Waals surface area contributed by atoms with E-state index in [2.05, 4.69) is 84.5 Å². The summed E-state index contributed by atoms with van der Waals surface area (Å²) in [4.78, 5) is 14.3. The van der Waals surface area contributed by atoms with Crippen molar-refractivity contribution in [2.24, 2.45) is 5.92 Å². The van der Waals surface area contributed by atoms with Crippen molar-refractivity contribution in [1.29, 1.82) is 0 Å². The summed E-state index contributed by atoms with van der Waals surface area (Å²) in [5.41, 5.74) is 6.01. The molecule has 1 aromatic heterocycles. The molecule has 1 aliphatic heterocycles. The lowest BCUT2D eigenvalue weighted by Crippen LogP contribution is -2.27. The summed E-state index contributed by atoms with van der Waals surface area (Å²) in [5.74, 6) is 3.13. The van der Waals surface area contributed by atoms with Gasteiger partial charge in [-0.1, -0.05) is 50.2 Å². The van der Waals surface area contributed by atoms with Gasteiger partial charge in [-0.2, -0.15) is 0 Å². The molecule has 2 aromatic carbocycles. The van der Waals surface area contributed by atoms with Gasteiger partial charge in [0.1, 0.15) is 0 Å². The molecule has 0 unspecified atom stereocenters. The number of hydrogen-bond acceptors (Lipinski definition) is 5. The molecule has 3 aromatic rings. The van der Waals surface area contributed by atoms with E-state index < -0.39 is 0 Å². The van der Waals surface area contributed by atoms with E-state index >= 15 is 0 Å². The lowest BCUT2D eigenvalue weighted by molar-refractivity contribution is 0.807. The zero-order valence-electron chi connectivity index (χ0n) is 18.7. The second-order valence-electron chi connectivity index (χ2n) is 9.20. The van der Waals surface area contributed by atoms with E-state index in [1.165, 1.54) is 29.7 Å². The zero-order valence-corrected chi connectivity index (χ0v) is 18.7. The van der Waals surface area contributed by atoms with Crippen molar-refractivity contribution in [2.45, 2.75) is 39.2 Å². The third kappa shape index (κ3) is 4.22. The molecule has 2 heterocycles. The summed E-state index contributed by atoms with van der Waals surface area (Å²) >= 11 is 0. The second-order valence-corrected chi connectivity index (χ2v) is 9.20. The van der Waals surface area contributed by atoms with Crippen LogP contribution in [0.3, 0.4) is 0 Å². The van der Waals surface area contributed by atoms with Crippen LogP contribution in [0.2, 0.25) is 0 Å². The Kier molecular flexibility index (Phi) is 5.26. The first-order valence-electron chi connectivity index (χ1n) is 11.3. The molecule has 0 spiro atoms. The molecule has 5 heteroatoms. The van der Waals surface area contributed by atoms with Crippen LogP contribution in [0, 0.1) is 5.92 Å². The van der Waals surface area contributed by atoms with E-state index in [9.17, 15) is 0 Å². The van der Waals surface area contributed by atoms with Gasteiger partial charge in [0.2, 0.25) is 0 Å². The molecule has 0 saturated heterocycles. The fourth-order valence-electron chi connectivity index (χ4n) is 4.26. The number of rotatable bonds is 7. The Bertz CT molecular complexity index is 1060. The number of anilines is 3. The SMILES string of the molecule is CC(C)c1ccccc1-c1ncc2c(n1)N(Cc1ccc(NCC3CC3)cc1)CN2C. The van der Waals surface area contributed by atoms with E-state index in [0.717, 1.165) is 48.6 Å². The van der Waals surface area contributed by atoms with Gasteiger partial charge >= 0.3 is 0 Å². The standard InChI is InChI=1S/C26H31N5/c1-18(2)22-6-4-5-7-23(22)25-28-15-24-26(29-25)31(17-30(24)3)16-20-10-12-21(13-11-20)27-14-19-8-9-19/h4-7,10-13,15,18-19,27H,8-9,14,16-17H2,1-3H3. The molecule has 0 amide bonds. The van der Waals surface area contributed by atoms with Gasteiger partial charge in [-0.15, -0.1) is 0 Å². The predicted molar refractivity (Wildman–Crippen MR) is 129 cm³/mol. The predicted octanol–water partition coefficient (Wildman–Crippen LogP) is 5.50. The molecule has 1 N–H and O–H groups in total. The summed E-state index contributed by atoms with van der Waals surface area (Å²) in [6.45, 7) is 7.19. The summed E-state index contributed by atoms with van der Waals surface area (Å²) in [7, 11) is 2.11. The van der Waals surface area contributed by atoms with Crippen molar-refractivity contribution < 1.29 is 0 Å². The van der Waals surface area contributed by atoms with Gasteiger partial charge in [0.25, 0.3) is 0 Å². The molecule has 0 radical (unpaired) electrons. The molecule has 1 fully saturated rings. The average Bonchev–Trinajstić information content (AvgIpc) is 3.57. The van der Waals surface area contributed by atoms with Crippen molar-refractivity contribution >= 4 is 17.2 Å². The van der Waals surface area contributed by atoms with Gasteiger partial charge in [0, 0.05) is 31.4 Å². The van der Waals surface area contributed by atoms with E-state index in [-0.39, 0.29) is 0 Å². The minimum absolute atomic E-state index is 0.430. The number of benzene rings is 2. The van der Waals surface area contributed by atoms with Crippen LogP contribution in [0.1, 0.15) is 43.7 Å². The fourth-order valence-corrected chi connectivity index (χ4v) is 4.26. The third-order valence-electron chi connectivity index (χ3n) is 6.29. The van der Waals surface area contributed by atoms with Crippen molar-refractivity contribution in [1.82, 2.24) is 9.97 Å². The molecule has 0 atom stereocenters. The number of nitrogens with one attached hydrogen (secondary N) is 1. The van der Waals surface area contributed by atoms with Crippen LogP contribution in [0.4, 0.5) is 17.2 Å². The topological polar surface area (TPSA) is 44.3 Å². The van der Waals surface area contributed by atoms with E-state index in [1.54, 1.807) is 0 Å². The summed E-state index contributed by atoms with van der Waals surface area (Å²) in [6, 6.07) is 17.3. The van der Waals surface area contributed by atoms with Gasteiger partial charge in [-0.25, -0.2) is 9.97 Å². The first kappa shape index (κ1) is 19.9. The largest absolute Gasteiger partial charge is 0.385 e. The van der Waals surface area contributed by atoms with Gasteiger partial charge in [0.15, 0.2) is 11.6 Å². The quantitative estimate of drug-likeness (QED) is 0.554. The summed E-state index contributed by atoms with van der Waals surface area (Å²) in [6.07, 6.45) is 4.72. The first-order valence-corrected chi connectivity index (χ1v) is 11.3. The molecule has 2 aliphatic rings. The Balaban J connectivity index is 1.37. The number of fused-ring (bicyclic) bond motifs is 1. The van der Waals surface area contributed by atoms with Crippen LogP contribution >= 0.6 is 0 Å². The van der Waals surface area contributed by atoms with Crippen LogP contribution in [-0.4, -0.2) is 30.2 Å². The normalized spacial score (nSPS) is 15.5. The second kappa shape index (κ2) is 8.22. The Hall–Kier alpha value is -3.08. The number of nitrogens with zero attached hydrogens (tertiary/aromatic N) is 4. The van der Waals surface area contributed by atoms with Gasteiger partial charge in [0.05, 0.1) is 18.6 Å². The first-order chi connectivity index (χ1) is 15.1. The minimum Gasteiger partial charge on any atom is -0.385 e. The van der Waals surface area contributed by atoms with Crippen LogP contribution in [0.15, 0.2) is 54.7 Å². The molecular formula is C26H31N5. The Morgan fingerprint density at radius 1 is 1.06 bits per heavy atom. The van der Waals surface area contributed by atoms with Crippen molar-refractivity contribution in [3.8, 4) is 11.4 Å². The molecule has 1 saturated carbocycles. The average molecular weight is 414 g/mol. The molecule has 5 nitrogen and oxygen atoms in total. The Labute approximate surface area is 185 Å². The Morgan fingerprint density at radius 2 is 1.84 bits per heavy atom. The Morgan fingerprint density at radius 3 is 2.58 bits per heavy atom. The lowest BCUT2D eigenvalue weighted by atomic mass is 9.97. The van der Waals surface area contributed by atoms with Crippen LogP contribution in [0.5, 0.6) is 0 Å². The smallest absolute Gasteiger partial charge is 0.161 e.